The van der Waals surface area contributed by atoms with Gasteiger partial charge in [-0.05, 0) is 37.8 Å². The molecule has 2 aliphatic heterocycles. The molecule has 5 nitrogen and oxygen atoms in total. The van der Waals surface area contributed by atoms with Gasteiger partial charge in [0.15, 0.2) is 0 Å². The van der Waals surface area contributed by atoms with Crippen LogP contribution in [0, 0.1) is 0 Å². The van der Waals surface area contributed by atoms with Crippen molar-refractivity contribution >= 4 is 11.3 Å². The molecule has 4 rings (SSSR count). The standard InChI is InChI=1S/C22H31N3O2S/c1-27-16-19-8-5-11-25(19)15-21-23-20(17-28-21)22(26)9-12-24(13-10-22)14-18-6-3-2-4-7-18/h2-4,6-7,17,19,26H,5,8-16H2,1H3/t19-/m1/s1. The molecule has 0 aliphatic carbocycles. The molecule has 0 saturated carbocycles. The van der Waals surface area contributed by atoms with Gasteiger partial charge in [-0.1, -0.05) is 30.3 Å². The van der Waals surface area contributed by atoms with Crippen LogP contribution in [-0.4, -0.2) is 59.3 Å². The molecule has 3 heterocycles. The molecule has 1 atom stereocenters. The first-order valence-electron chi connectivity index (χ1n) is 10.3. The number of hydrogen-bond acceptors (Lipinski definition) is 6. The largest absolute Gasteiger partial charge is 0.383 e. The monoisotopic (exact) mass is 401 g/mol. The normalized spacial score (nSPS) is 23.3. The van der Waals surface area contributed by atoms with Crippen LogP contribution in [0.3, 0.4) is 0 Å². The number of aromatic nitrogens is 1. The highest BCUT2D eigenvalue weighted by atomic mass is 32.1. The number of thiazole rings is 1. The lowest BCUT2D eigenvalue weighted by atomic mass is 9.88. The molecule has 0 radical (unpaired) electrons. The van der Waals surface area contributed by atoms with E-state index in [0.29, 0.717) is 6.04 Å². The van der Waals surface area contributed by atoms with Crippen LogP contribution in [0.25, 0.3) is 0 Å². The van der Waals surface area contributed by atoms with E-state index in [-0.39, 0.29) is 0 Å². The number of hydrogen-bond donors (Lipinski definition) is 1. The van der Waals surface area contributed by atoms with E-state index < -0.39 is 5.60 Å². The second-order valence-electron chi connectivity index (χ2n) is 8.14. The summed E-state index contributed by atoms with van der Waals surface area (Å²) in [4.78, 5) is 9.74. The highest BCUT2D eigenvalue weighted by molar-refractivity contribution is 7.09. The zero-order valence-electron chi connectivity index (χ0n) is 16.7. The van der Waals surface area contributed by atoms with Gasteiger partial charge >= 0.3 is 0 Å². The fourth-order valence-electron chi connectivity index (χ4n) is 4.43. The van der Waals surface area contributed by atoms with Crippen molar-refractivity contribution in [3.05, 3.63) is 52.0 Å². The van der Waals surface area contributed by atoms with Crippen LogP contribution >= 0.6 is 11.3 Å². The van der Waals surface area contributed by atoms with Crippen molar-refractivity contribution in [2.45, 2.75) is 50.4 Å². The summed E-state index contributed by atoms with van der Waals surface area (Å²) < 4.78 is 5.36. The Morgan fingerprint density at radius 3 is 2.71 bits per heavy atom. The third-order valence-corrected chi connectivity index (χ3v) is 6.99. The number of likely N-dealkylation sites (tertiary alicyclic amines) is 2. The molecular formula is C22H31N3O2S. The smallest absolute Gasteiger partial charge is 0.110 e. The lowest BCUT2D eigenvalue weighted by Crippen LogP contribution is -2.42. The quantitative estimate of drug-likeness (QED) is 0.772. The van der Waals surface area contributed by atoms with Crippen molar-refractivity contribution in [2.75, 3.05) is 33.4 Å². The second kappa shape index (κ2) is 9.01. The van der Waals surface area contributed by atoms with Crippen molar-refractivity contribution in [3.63, 3.8) is 0 Å². The summed E-state index contributed by atoms with van der Waals surface area (Å²) in [5.74, 6) is 0. The van der Waals surface area contributed by atoms with Crippen molar-refractivity contribution in [1.82, 2.24) is 14.8 Å². The highest BCUT2D eigenvalue weighted by Crippen LogP contribution is 2.34. The van der Waals surface area contributed by atoms with E-state index in [2.05, 4.69) is 45.5 Å². The predicted molar refractivity (Wildman–Crippen MR) is 112 cm³/mol. The fourth-order valence-corrected chi connectivity index (χ4v) is 5.35. The Labute approximate surface area is 172 Å². The Kier molecular flexibility index (Phi) is 6.43. The minimum absolute atomic E-state index is 0.502. The van der Waals surface area contributed by atoms with Gasteiger partial charge in [-0.15, -0.1) is 11.3 Å². The Bertz CT molecular complexity index is 743. The minimum atomic E-state index is -0.779. The van der Waals surface area contributed by atoms with Crippen LogP contribution in [0.4, 0.5) is 0 Å². The number of piperidine rings is 1. The molecule has 28 heavy (non-hydrogen) atoms. The van der Waals surface area contributed by atoms with Crippen molar-refractivity contribution in [3.8, 4) is 0 Å². The zero-order valence-corrected chi connectivity index (χ0v) is 17.5. The first-order chi connectivity index (χ1) is 13.7. The van der Waals surface area contributed by atoms with E-state index >= 15 is 0 Å². The van der Waals surface area contributed by atoms with Gasteiger partial charge in [0.1, 0.15) is 10.6 Å². The molecule has 152 valence electrons. The van der Waals surface area contributed by atoms with Crippen molar-refractivity contribution in [2.24, 2.45) is 0 Å². The van der Waals surface area contributed by atoms with Crippen LogP contribution in [0.5, 0.6) is 0 Å². The van der Waals surface area contributed by atoms with Crippen LogP contribution < -0.4 is 0 Å². The molecule has 0 amide bonds. The molecule has 0 spiro atoms. The van der Waals surface area contributed by atoms with Crippen molar-refractivity contribution in [1.29, 1.82) is 0 Å². The van der Waals surface area contributed by atoms with E-state index in [9.17, 15) is 5.11 Å². The number of nitrogens with zero attached hydrogens (tertiary/aromatic N) is 3. The molecule has 6 heteroatoms. The molecule has 1 aromatic carbocycles. The summed E-state index contributed by atoms with van der Waals surface area (Å²) >= 11 is 1.68. The molecule has 0 unspecified atom stereocenters. The molecular weight excluding hydrogens is 370 g/mol. The summed E-state index contributed by atoms with van der Waals surface area (Å²) in [6.07, 6.45) is 3.93. The van der Waals surface area contributed by atoms with Crippen LogP contribution in [0.15, 0.2) is 35.7 Å². The lowest BCUT2D eigenvalue weighted by molar-refractivity contribution is -0.0308. The second-order valence-corrected chi connectivity index (χ2v) is 9.08. The van der Waals surface area contributed by atoms with Gasteiger partial charge in [-0.2, -0.15) is 0 Å². The summed E-state index contributed by atoms with van der Waals surface area (Å²) in [6.45, 7) is 5.53. The maximum atomic E-state index is 11.2. The lowest BCUT2D eigenvalue weighted by Gasteiger charge is -2.37. The van der Waals surface area contributed by atoms with E-state index in [1.165, 1.54) is 18.4 Å². The number of aliphatic hydroxyl groups is 1. The molecule has 1 N–H and O–H groups in total. The third kappa shape index (κ3) is 4.63. The van der Waals surface area contributed by atoms with Gasteiger partial charge in [-0.3, -0.25) is 9.80 Å². The average molecular weight is 402 g/mol. The molecule has 1 aromatic heterocycles. The van der Waals surface area contributed by atoms with Gasteiger partial charge in [0, 0.05) is 38.2 Å². The van der Waals surface area contributed by atoms with Gasteiger partial charge in [0.25, 0.3) is 0 Å². The average Bonchev–Trinajstić information content (AvgIpc) is 3.36. The van der Waals surface area contributed by atoms with Gasteiger partial charge in [-0.25, -0.2) is 4.98 Å². The van der Waals surface area contributed by atoms with E-state index in [0.717, 1.165) is 62.9 Å². The minimum Gasteiger partial charge on any atom is -0.383 e. The Morgan fingerprint density at radius 2 is 1.96 bits per heavy atom. The van der Waals surface area contributed by atoms with Crippen LogP contribution in [0.2, 0.25) is 0 Å². The molecule has 2 aromatic rings. The molecule has 2 fully saturated rings. The van der Waals surface area contributed by atoms with Gasteiger partial charge < -0.3 is 9.84 Å². The highest BCUT2D eigenvalue weighted by Gasteiger charge is 2.36. The van der Waals surface area contributed by atoms with E-state index in [4.69, 9.17) is 9.72 Å². The first kappa shape index (κ1) is 20.0. The third-order valence-electron chi connectivity index (χ3n) is 6.16. The maximum Gasteiger partial charge on any atom is 0.110 e. The predicted octanol–water partition coefficient (Wildman–Crippen LogP) is 3.24. The van der Waals surface area contributed by atoms with E-state index in [1.807, 2.05) is 0 Å². The Morgan fingerprint density at radius 1 is 1.18 bits per heavy atom. The van der Waals surface area contributed by atoms with Crippen molar-refractivity contribution < 1.29 is 9.84 Å². The number of benzene rings is 1. The Balaban J connectivity index is 1.33. The SMILES string of the molecule is COC[C@H]1CCCN1Cc1nc(C2(O)CCN(Cc3ccccc3)CC2)cs1. The Hall–Kier alpha value is -1.31. The summed E-state index contributed by atoms with van der Waals surface area (Å²) in [6, 6.07) is 11.1. The number of rotatable bonds is 7. The topological polar surface area (TPSA) is 48.8 Å². The fraction of sp³-hybridized carbons (Fsp3) is 0.591. The number of methoxy groups -OCH3 is 1. The zero-order chi connectivity index (χ0) is 19.4. The van der Waals surface area contributed by atoms with Gasteiger partial charge in [0.2, 0.25) is 0 Å². The maximum absolute atomic E-state index is 11.2. The molecule has 0 bridgehead atoms. The molecule has 2 aliphatic rings. The number of ether oxygens (including phenoxy) is 1. The summed E-state index contributed by atoms with van der Waals surface area (Å²) in [7, 11) is 1.78. The first-order valence-corrected chi connectivity index (χ1v) is 11.2. The summed E-state index contributed by atoms with van der Waals surface area (Å²) in [5.41, 5.74) is 1.42. The summed E-state index contributed by atoms with van der Waals surface area (Å²) in [5, 5.41) is 14.4. The van der Waals surface area contributed by atoms with Crippen LogP contribution in [0.1, 0.15) is 41.9 Å². The van der Waals surface area contributed by atoms with Gasteiger partial charge in [0.05, 0.1) is 18.8 Å². The van der Waals surface area contributed by atoms with Crippen LogP contribution in [-0.2, 0) is 23.4 Å². The molecule has 2 saturated heterocycles. The van der Waals surface area contributed by atoms with E-state index in [1.54, 1.807) is 18.4 Å².